The molecule has 0 aliphatic carbocycles. The number of carboxylic acid groups (broad SMARTS) is 1. The molecule has 0 aliphatic rings. The zero-order chi connectivity index (χ0) is 14.6. The molecule has 1 aromatic carbocycles. The molecule has 106 valence electrons. The van der Waals surface area contributed by atoms with Crippen LogP contribution in [0.4, 0.5) is 0 Å². The van der Waals surface area contributed by atoms with Crippen LogP contribution in [0.3, 0.4) is 0 Å². The van der Waals surface area contributed by atoms with Gasteiger partial charge in [-0.15, -0.1) is 0 Å². The van der Waals surface area contributed by atoms with E-state index in [9.17, 15) is 4.79 Å². The molecule has 0 fully saturated rings. The number of aliphatic carboxylic acids is 1. The zero-order valence-electron chi connectivity index (χ0n) is 10.6. The first-order valence-corrected chi connectivity index (χ1v) is 7.10. The highest BCUT2D eigenvalue weighted by atomic mass is 79.9. The minimum Gasteiger partial charge on any atom is -0.493 e. The Balaban J connectivity index is 3.26. The van der Waals surface area contributed by atoms with Crippen molar-refractivity contribution in [3.8, 4) is 17.2 Å². The lowest BCUT2D eigenvalue weighted by Crippen LogP contribution is -2.18. The number of rotatable bonds is 6. The van der Waals surface area contributed by atoms with Crippen molar-refractivity contribution < 1.29 is 24.1 Å². The van der Waals surface area contributed by atoms with Gasteiger partial charge in [0.1, 0.15) is 4.83 Å². The number of hydrogen-bond acceptors (Lipinski definition) is 4. The van der Waals surface area contributed by atoms with Gasteiger partial charge >= 0.3 is 5.97 Å². The third-order valence-corrected chi connectivity index (χ3v) is 5.19. The monoisotopic (exact) mass is 396 g/mol. The maximum Gasteiger partial charge on any atom is 0.318 e. The Morgan fingerprint density at radius 2 is 1.58 bits per heavy atom. The zero-order valence-corrected chi connectivity index (χ0v) is 13.8. The molecule has 7 heteroatoms. The summed E-state index contributed by atoms with van der Waals surface area (Å²) in [6, 6.07) is 3.41. The highest BCUT2D eigenvalue weighted by molar-refractivity contribution is 9.12. The smallest absolute Gasteiger partial charge is 0.318 e. The van der Waals surface area contributed by atoms with Crippen molar-refractivity contribution in [1.29, 1.82) is 0 Å². The lowest BCUT2D eigenvalue weighted by atomic mass is 10.1. The van der Waals surface area contributed by atoms with Gasteiger partial charge in [0, 0.05) is 0 Å². The SMILES string of the molecule is COc1cc(C(Br)C(Br)C(=O)O)cc(OC)c1OC. The Labute approximate surface area is 128 Å². The summed E-state index contributed by atoms with van der Waals surface area (Å²) in [4.78, 5) is 9.78. The molecule has 19 heavy (non-hydrogen) atoms. The van der Waals surface area contributed by atoms with Crippen molar-refractivity contribution in [2.24, 2.45) is 0 Å². The minimum absolute atomic E-state index is 0.432. The lowest BCUT2D eigenvalue weighted by molar-refractivity contribution is -0.136. The lowest BCUT2D eigenvalue weighted by Gasteiger charge is -2.18. The van der Waals surface area contributed by atoms with Crippen LogP contribution in [0.15, 0.2) is 12.1 Å². The summed E-state index contributed by atoms with van der Waals surface area (Å²) in [5.41, 5.74) is 0.707. The van der Waals surface area contributed by atoms with Crippen LogP contribution >= 0.6 is 31.9 Å². The molecular formula is C12H14Br2O5. The van der Waals surface area contributed by atoms with E-state index in [0.717, 1.165) is 0 Å². The molecule has 0 amide bonds. The van der Waals surface area contributed by atoms with Crippen LogP contribution in [0.5, 0.6) is 17.2 Å². The molecule has 2 atom stereocenters. The molecule has 2 unspecified atom stereocenters. The third kappa shape index (κ3) is 3.54. The average Bonchev–Trinajstić information content (AvgIpc) is 2.43. The third-order valence-electron chi connectivity index (χ3n) is 2.50. The molecule has 0 aliphatic heterocycles. The van der Waals surface area contributed by atoms with Crippen LogP contribution in [-0.2, 0) is 4.79 Å². The van der Waals surface area contributed by atoms with Crippen molar-refractivity contribution in [2.75, 3.05) is 21.3 Å². The van der Waals surface area contributed by atoms with E-state index in [0.29, 0.717) is 22.8 Å². The summed E-state index contributed by atoms with van der Waals surface area (Å²) in [7, 11) is 4.52. The van der Waals surface area contributed by atoms with Crippen molar-refractivity contribution in [3.63, 3.8) is 0 Å². The van der Waals surface area contributed by atoms with Crippen LogP contribution in [0, 0.1) is 0 Å². The number of carboxylic acids is 1. The van der Waals surface area contributed by atoms with E-state index in [4.69, 9.17) is 19.3 Å². The molecule has 0 aromatic heterocycles. The molecule has 0 spiro atoms. The van der Waals surface area contributed by atoms with E-state index in [1.165, 1.54) is 21.3 Å². The summed E-state index contributed by atoms with van der Waals surface area (Å²) in [5, 5.41) is 9.00. The van der Waals surface area contributed by atoms with Crippen LogP contribution in [0.1, 0.15) is 10.4 Å². The predicted molar refractivity (Wildman–Crippen MR) is 78.1 cm³/mol. The van der Waals surface area contributed by atoms with E-state index in [2.05, 4.69) is 31.9 Å². The summed E-state index contributed by atoms with van der Waals surface area (Å²) in [6.07, 6.45) is 0. The summed E-state index contributed by atoms with van der Waals surface area (Å²) in [5.74, 6) is 0.461. The summed E-state index contributed by atoms with van der Waals surface area (Å²) in [6.45, 7) is 0. The number of halogens is 2. The normalized spacial score (nSPS) is 13.5. The number of carbonyl (C=O) groups is 1. The van der Waals surface area contributed by atoms with Gasteiger partial charge in [-0.1, -0.05) is 31.9 Å². The number of methoxy groups -OCH3 is 3. The number of alkyl halides is 2. The molecule has 1 N–H and O–H groups in total. The summed E-state index contributed by atoms with van der Waals surface area (Å²) < 4.78 is 15.6. The Morgan fingerprint density at radius 1 is 1.11 bits per heavy atom. The maximum atomic E-state index is 11.0. The number of benzene rings is 1. The van der Waals surface area contributed by atoms with E-state index in [1.54, 1.807) is 12.1 Å². The Morgan fingerprint density at radius 3 is 1.89 bits per heavy atom. The van der Waals surface area contributed by atoms with Crippen LogP contribution in [0.25, 0.3) is 0 Å². The molecule has 0 bridgehead atoms. The predicted octanol–water partition coefficient (Wildman–Crippen LogP) is 3.00. The van der Waals surface area contributed by atoms with Gasteiger partial charge in [-0.3, -0.25) is 4.79 Å². The standard InChI is InChI=1S/C12H14Br2O5/c1-17-7-4-6(9(13)10(14)12(15)16)5-8(18-2)11(7)19-3/h4-5,9-10H,1-3H3,(H,15,16). The Kier molecular flexibility index (Phi) is 5.93. The first kappa shape index (κ1) is 16.1. The van der Waals surface area contributed by atoms with Gasteiger partial charge in [0.2, 0.25) is 5.75 Å². The van der Waals surface area contributed by atoms with Gasteiger partial charge in [0.25, 0.3) is 0 Å². The fourth-order valence-corrected chi connectivity index (χ4v) is 2.35. The molecule has 0 heterocycles. The van der Waals surface area contributed by atoms with Crippen molar-refractivity contribution in [2.45, 2.75) is 9.65 Å². The van der Waals surface area contributed by atoms with E-state index in [1.807, 2.05) is 0 Å². The maximum absolute atomic E-state index is 11.0. The topological polar surface area (TPSA) is 65.0 Å². The van der Waals surface area contributed by atoms with E-state index in [-0.39, 0.29) is 0 Å². The molecule has 5 nitrogen and oxygen atoms in total. The summed E-state index contributed by atoms with van der Waals surface area (Å²) >= 11 is 6.46. The van der Waals surface area contributed by atoms with Crippen LogP contribution in [-0.4, -0.2) is 37.2 Å². The number of hydrogen-bond donors (Lipinski definition) is 1. The van der Waals surface area contributed by atoms with Crippen LogP contribution in [0.2, 0.25) is 0 Å². The highest BCUT2D eigenvalue weighted by Gasteiger charge is 2.26. The molecule has 1 aromatic rings. The van der Waals surface area contributed by atoms with Crippen LogP contribution < -0.4 is 14.2 Å². The van der Waals surface area contributed by atoms with Gasteiger partial charge in [-0.05, 0) is 17.7 Å². The van der Waals surface area contributed by atoms with Crippen molar-refractivity contribution in [1.82, 2.24) is 0 Å². The van der Waals surface area contributed by atoms with Crippen molar-refractivity contribution >= 4 is 37.8 Å². The van der Waals surface area contributed by atoms with Gasteiger partial charge in [0.15, 0.2) is 11.5 Å². The fourth-order valence-electron chi connectivity index (χ4n) is 1.55. The second-order valence-corrected chi connectivity index (χ2v) is 5.57. The van der Waals surface area contributed by atoms with E-state index < -0.39 is 15.6 Å². The molecule has 0 radical (unpaired) electrons. The second kappa shape index (κ2) is 7.00. The van der Waals surface area contributed by atoms with Gasteiger partial charge in [-0.25, -0.2) is 0 Å². The molecule has 0 saturated carbocycles. The first-order chi connectivity index (χ1) is 8.96. The van der Waals surface area contributed by atoms with E-state index >= 15 is 0 Å². The average molecular weight is 398 g/mol. The van der Waals surface area contributed by atoms with Gasteiger partial charge in [-0.2, -0.15) is 0 Å². The first-order valence-electron chi connectivity index (χ1n) is 5.27. The van der Waals surface area contributed by atoms with Crippen molar-refractivity contribution in [3.05, 3.63) is 17.7 Å². The minimum atomic E-state index is -0.962. The van der Waals surface area contributed by atoms with Gasteiger partial charge < -0.3 is 19.3 Å². The fraction of sp³-hybridized carbons (Fsp3) is 0.417. The molecule has 0 saturated heterocycles. The Bertz CT molecular complexity index is 438. The highest BCUT2D eigenvalue weighted by Crippen LogP contribution is 2.42. The number of ether oxygens (including phenoxy) is 3. The second-order valence-electron chi connectivity index (χ2n) is 3.60. The quantitative estimate of drug-likeness (QED) is 0.747. The molecular weight excluding hydrogens is 384 g/mol. The Hall–Kier alpha value is -0.950. The molecule has 1 rings (SSSR count). The largest absolute Gasteiger partial charge is 0.493 e. The van der Waals surface area contributed by atoms with Gasteiger partial charge in [0.05, 0.1) is 26.2 Å².